The van der Waals surface area contributed by atoms with E-state index in [1.165, 1.54) is 31.4 Å². The summed E-state index contributed by atoms with van der Waals surface area (Å²) in [6, 6.07) is 9.56. The Kier molecular flexibility index (Phi) is 7.35. The molecule has 0 saturated carbocycles. The van der Waals surface area contributed by atoms with Gasteiger partial charge in [-0.15, -0.1) is 0 Å². The summed E-state index contributed by atoms with van der Waals surface area (Å²) in [7, 11) is 1.53. The van der Waals surface area contributed by atoms with E-state index in [4.69, 9.17) is 28.6 Å². The van der Waals surface area contributed by atoms with Crippen LogP contribution in [0.25, 0.3) is 6.08 Å². The highest BCUT2D eigenvalue weighted by Crippen LogP contribution is 2.24. The van der Waals surface area contributed by atoms with Crippen LogP contribution < -0.4 is 20.5 Å². The molecule has 2 rings (SSSR count). The molecule has 2 aromatic rings. The molecule has 0 spiro atoms. The van der Waals surface area contributed by atoms with E-state index in [9.17, 15) is 14.7 Å². The third-order valence-electron chi connectivity index (χ3n) is 3.29. The molecule has 140 valence electrons. The third kappa shape index (κ3) is 6.06. The third-order valence-corrected chi connectivity index (χ3v) is 4.31. The zero-order chi connectivity index (χ0) is 20.0. The Morgan fingerprint density at radius 1 is 1.26 bits per heavy atom. The maximum atomic E-state index is 12.0. The van der Waals surface area contributed by atoms with E-state index < -0.39 is 11.9 Å². The highest BCUT2D eigenvalue weighted by molar-refractivity contribution is 9.10. The van der Waals surface area contributed by atoms with Crippen molar-refractivity contribution in [3.8, 4) is 5.75 Å². The number of halogens is 2. The zero-order valence-corrected chi connectivity index (χ0v) is 17.1. The number of rotatable bonds is 5. The molecule has 0 aliphatic heterocycles. The zero-order valence-electron chi connectivity index (χ0n) is 13.9. The molecule has 0 unspecified atom stereocenters. The molecule has 2 N–H and O–H groups in total. The molecule has 6 nitrogen and oxygen atoms in total. The standard InChI is InChI=1S/C18H14BrClN2O4S/c1-26-15-6-3-11(19)8-10(15)2-7-16(23)22-18(27)21-12-4-5-14(20)13(9-12)17(24)25/h2-9H,1H3,(H,24,25)(H2,21,22,23,27)/p-1/b7-2+. The lowest BCUT2D eigenvalue weighted by molar-refractivity contribution is -0.255. The normalized spacial score (nSPS) is 10.5. The van der Waals surface area contributed by atoms with Crippen LogP contribution in [-0.4, -0.2) is 24.1 Å². The quantitative estimate of drug-likeness (QED) is 0.518. The van der Waals surface area contributed by atoms with Gasteiger partial charge in [0.05, 0.1) is 13.1 Å². The number of carbonyl (C=O) groups excluding carboxylic acids is 2. The lowest BCUT2D eigenvalue weighted by Gasteiger charge is -2.11. The fourth-order valence-electron chi connectivity index (χ4n) is 2.08. The summed E-state index contributed by atoms with van der Waals surface area (Å²) in [6.45, 7) is 0. The molecular weight excluding hydrogens is 456 g/mol. The van der Waals surface area contributed by atoms with Gasteiger partial charge in [0.15, 0.2) is 5.11 Å². The lowest BCUT2D eigenvalue weighted by Crippen LogP contribution is -2.33. The average molecular weight is 469 g/mol. The van der Waals surface area contributed by atoms with Crippen molar-refractivity contribution in [2.45, 2.75) is 0 Å². The van der Waals surface area contributed by atoms with Gasteiger partial charge in [0.2, 0.25) is 5.91 Å². The van der Waals surface area contributed by atoms with Gasteiger partial charge in [-0.05, 0) is 54.7 Å². The molecule has 0 aliphatic carbocycles. The highest BCUT2D eigenvalue weighted by Gasteiger charge is 2.07. The van der Waals surface area contributed by atoms with Gasteiger partial charge in [-0.2, -0.15) is 0 Å². The number of anilines is 1. The Morgan fingerprint density at radius 3 is 2.67 bits per heavy atom. The van der Waals surface area contributed by atoms with Crippen LogP contribution in [0.3, 0.4) is 0 Å². The molecule has 1 amide bonds. The van der Waals surface area contributed by atoms with E-state index in [0.29, 0.717) is 17.0 Å². The van der Waals surface area contributed by atoms with Crippen LogP contribution in [0.1, 0.15) is 15.9 Å². The molecule has 0 radical (unpaired) electrons. The van der Waals surface area contributed by atoms with Crippen molar-refractivity contribution < 1.29 is 19.4 Å². The minimum Gasteiger partial charge on any atom is -0.545 e. The maximum absolute atomic E-state index is 12.0. The molecule has 27 heavy (non-hydrogen) atoms. The number of aromatic carboxylic acids is 1. The minimum atomic E-state index is -1.41. The van der Waals surface area contributed by atoms with E-state index in [0.717, 1.165) is 4.47 Å². The van der Waals surface area contributed by atoms with Crippen molar-refractivity contribution in [2.24, 2.45) is 0 Å². The van der Waals surface area contributed by atoms with Gasteiger partial charge in [0.1, 0.15) is 5.75 Å². The first-order valence-electron chi connectivity index (χ1n) is 7.44. The molecule has 0 bridgehead atoms. The van der Waals surface area contributed by atoms with Gasteiger partial charge in [-0.3, -0.25) is 10.1 Å². The number of hydrogen-bond donors (Lipinski definition) is 2. The summed E-state index contributed by atoms with van der Waals surface area (Å²) in [4.78, 5) is 23.0. The maximum Gasteiger partial charge on any atom is 0.250 e. The number of carboxylic acids is 1. The number of benzene rings is 2. The Labute approximate surface area is 174 Å². The predicted molar refractivity (Wildman–Crippen MR) is 110 cm³/mol. The largest absolute Gasteiger partial charge is 0.545 e. The SMILES string of the molecule is COc1ccc(Br)cc1/C=C/C(=O)NC(=S)Nc1ccc(Cl)c(C(=O)[O-])c1. The van der Waals surface area contributed by atoms with Gasteiger partial charge >= 0.3 is 0 Å². The topological polar surface area (TPSA) is 90.5 Å². The Balaban J connectivity index is 2.02. The fourth-order valence-corrected chi connectivity index (χ4v) is 2.87. The molecule has 0 aromatic heterocycles. The monoisotopic (exact) mass is 467 g/mol. The number of carbonyl (C=O) groups is 2. The molecule has 0 atom stereocenters. The predicted octanol–water partition coefficient (Wildman–Crippen LogP) is 3.00. The van der Waals surface area contributed by atoms with Crippen LogP contribution in [0.2, 0.25) is 5.02 Å². The van der Waals surface area contributed by atoms with Gasteiger partial charge in [-0.25, -0.2) is 0 Å². The number of methoxy groups -OCH3 is 1. The van der Waals surface area contributed by atoms with Crippen LogP contribution in [0, 0.1) is 0 Å². The summed E-state index contributed by atoms with van der Waals surface area (Å²) in [5, 5.41) is 16.2. The van der Waals surface area contributed by atoms with E-state index in [2.05, 4.69) is 26.6 Å². The molecule has 2 aromatic carbocycles. The molecule has 9 heteroatoms. The van der Waals surface area contributed by atoms with E-state index in [1.807, 2.05) is 6.07 Å². The van der Waals surface area contributed by atoms with Crippen LogP contribution in [0.5, 0.6) is 5.75 Å². The summed E-state index contributed by atoms with van der Waals surface area (Å²) in [5.41, 5.74) is 0.871. The smallest absolute Gasteiger partial charge is 0.250 e. The van der Waals surface area contributed by atoms with Crippen molar-refractivity contribution in [2.75, 3.05) is 12.4 Å². The number of carboxylic acid groups (broad SMARTS) is 1. The number of ether oxygens (including phenoxy) is 1. The van der Waals surface area contributed by atoms with E-state index >= 15 is 0 Å². The first kappa shape index (κ1) is 20.9. The number of nitrogens with one attached hydrogen (secondary N) is 2. The lowest BCUT2D eigenvalue weighted by atomic mass is 10.2. The van der Waals surface area contributed by atoms with Crippen molar-refractivity contribution in [3.05, 3.63) is 63.1 Å². The number of amides is 1. The average Bonchev–Trinajstić information content (AvgIpc) is 2.61. The van der Waals surface area contributed by atoms with E-state index in [1.54, 1.807) is 18.2 Å². The molecule has 0 aliphatic rings. The Morgan fingerprint density at radius 2 is 2.00 bits per heavy atom. The van der Waals surface area contributed by atoms with Crippen LogP contribution in [-0.2, 0) is 4.79 Å². The summed E-state index contributed by atoms with van der Waals surface area (Å²) < 4.78 is 6.07. The van der Waals surface area contributed by atoms with Gasteiger partial charge in [0, 0.05) is 32.4 Å². The van der Waals surface area contributed by atoms with Gasteiger partial charge in [0.25, 0.3) is 0 Å². The molecule has 0 saturated heterocycles. The first-order chi connectivity index (χ1) is 12.8. The Hall–Kier alpha value is -2.42. The van der Waals surface area contributed by atoms with E-state index in [-0.39, 0.29) is 15.7 Å². The number of hydrogen-bond acceptors (Lipinski definition) is 5. The second-order valence-electron chi connectivity index (χ2n) is 5.15. The van der Waals surface area contributed by atoms with Crippen LogP contribution in [0.4, 0.5) is 5.69 Å². The summed E-state index contributed by atoms with van der Waals surface area (Å²) >= 11 is 14.2. The second kappa shape index (κ2) is 9.50. The van der Waals surface area contributed by atoms with Crippen molar-refractivity contribution in [1.82, 2.24) is 5.32 Å². The van der Waals surface area contributed by atoms with Gasteiger partial charge in [-0.1, -0.05) is 27.5 Å². The first-order valence-corrected chi connectivity index (χ1v) is 9.02. The second-order valence-corrected chi connectivity index (χ2v) is 6.88. The van der Waals surface area contributed by atoms with Crippen molar-refractivity contribution in [3.63, 3.8) is 0 Å². The van der Waals surface area contributed by atoms with Crippen molar-refractivity contribution in [1.29, 1.82) is 0 Å². The number of thiocarbonyl (C=S) groups is 1. The summed E-state index contributed by atoms with van der Waals surface area (Å²) in [6.07, 6.45) is 2.88. The highest BCUT2D eigenvalue weighted by atomic mass is 79.9. The molecule has 0 fully saturated rings. The summed E-state index contributed by atoms with van der Waals surface area (Å²) in [5.74, 6) is -1.27. The van der Waals surface area contributed by atoms with Crippen LogP contribution in [0.15, 0.2) is 46.9 Å². The fraction of sp³-hybridized carbons (Fsp3) is 0.0556. The minimum absolute atomic E-state index is 0.00234. The molecular formula is C18H13BrClN2O4S-. The van der Waals surface area contributed by atoms with Gasteiger partial charge < -0.3 is 20.0 Å². The molecule has 0 heterocycles. The van der Waals surface area contributed by atoms with Crippen molar-refractivity contribution >= 4 is 68.5 Å². The van der Waals surface area contributed by atoms with Crippen LogP contribution >= 0.6 is 39.7 Å². The Bertz CT molecular complexity index is 934.